The van der Waals surface area contributed by atoms with Gasteiger partial charge in [-0.3, -0.25) is 9.69 Å². The van der Waals surface area contributed by atoms with Gasteiger partial charge >= 0.3 is 0 Å². The number of para-hydroxylation sites is 1. The molecule has 2 heterocycles. The second-order valence-electron chi connectivity index (χ2n) is 7.79. The molecule has 2 aromatic carbocycles. The Bertz CT molecular complexity index is 839. The second kappa shape index (κ2) is 7.35. The van der Waals surface area contributed by atoms with Gasteiger partial charge in [0.1, 0.15) is 0 Å². The minimum absolute atomic E-state index is 0.0723. The normalized spacial score (nSPS) is 18.5. The third kappa shape index (κ3) is 3.34. The summed E-state index contributed by atoms with van der Waals surface area (Å²) in [6.45, 7) is 11.0. The molecule has 0 bridgehead atoms. The summed E-state index contributed by atoms with van der Waals surface area (Å²) in [7, 11) is 0. The fourth-order valence-electron chi connectivity index (χ4n) is 4.38. The Morgan fingerprint density at radius 3 is 2.37 bits per heavy atom. The lowest BCUT2D eigenvalue weighted by atomic mass is 10.1. The van der Waals surface area contributed by atoms with Crippen LogP contribution in [0.25, 0.3) is 0 Å². The Hall–Kier alpha value is -2.33. The summed E-state index contributed by atoms with van der Waals surface area (Å²) in [4.78, 5) is 19.9. The Labute approximate surface area is 162 Å². The van der Waals surface area contributed by atoms with Gasteiger partial charge in [-0.05, 0) is 56.0 Å². The Balaban J connectivity index is 1.41. The number of carbonyl (C=O) groups excluding carboxylic acids is 1. The molecular formula is C23H29N3O. The van der Waals surface area contributed by atoms with Crippen molar-refractivity contribution in [2.75, 3.05) is 42.5 Å². The second-order valence-corrected chi connectivity index (χ2v) is 7.79. The monoisotopic (exact) mass is 363 g/mol. The number of hydrogen-bond donors (Lipinski definition) is 0. The maximum Gasteiger partial charge on any atom is 0.244 e. The predicted octanol–water partition coefficient (Wildman–Crippen LogP) is 3.40. The van der Waals surface area contributed by atoms with Gasteiger partial charge in [0, 0.05) is 44.1 Å². The van der Waals surface area contributed by atoms with E-state index in [1.165, 1.54) is 22.4 Å². The van der Waals surface area contributed by atoms with Gasteiger partial charge in [0.05, 0.1) is 6.04 Å². The van der Waals surface area contributed by atoms with Crippen molar-refractivity contribution in [3.8, 4) is 0 Å². The SMILES string of the molecule is Cc1cccc(N2CCN([C@@H](C)C(=O)N3CCc4ccccc43)CC2)c1C. The molecule has 1 amide bonds. The number of carbonyl (C=O) groups is 1. The summed E-state index contributed by atoms with van der Waals surface area (Å²) in [6.07, 6.45) is 0.967. The maximum atomic E-state index is 13.1. The molecule has 1 saturated heterocycles. The highest BCUT2D eigenvalue weighted by molar-refractivity contribution is 5.98. The molecule has 1 atom stereocenters. The Morgan fingerprint density at radius 2 is 1.59 bits per heavy atom. The van der Waals surface area contributed by atoms with E-state index in [1.54, 1.807) is 0 Å². The number of piperazine rings is 1. The van der Waals surface area contributed by atoms with E-state index in [-0.39, 0.29) is 11.9 Å². The van der Waals surface area contributed by atoms with E-state index in [0.29, 0.717) is 0 Å². The first-order valence-electron chi connectivity index (χ1n) is 10.0. The number of rotatable bonds is 3. The van der Waals surface area contributed by atoms with Crippen LogP contribution in [0, 0.1) is 13.8 Å². The first-order valence-corrected chi connectivity index (χ1v) is 10.0. The summed E-state index contributed by atoms with van der Waals surface area (Å²) in [5, 5.41) is 0. The van der Waals surface area contributed by atoms with Crippen molar-refractivity contribution in [2.45, 2.75) is 33.2 Å². The number of aryl methyl sites for hydroxylation is 1. The fourth-order valence-corrected chi connectivity index (χ4v) is 4.38. The molecule has 142 valence electrons. The van der Waals surface area contributed by atoms with Gasteiger partial charge in [-0.15, -0.1) is 0 Å². The number of fused-ring (bicyclic) bond motifs is 1. The average molecular weight is 364 g/mol. The zero-order valence-corrected chi connectivity index (χ0v) is 16.6. The molecule has 27 heavy (non-hydrogen) atoms. The highest BCUT2D eigenvalue weighted by Crippen LogP contribution is 2.29. The molecule has 2 aliphatic rings. The highest BCUT2D eigenvalue weighted by atomic mass is 16.2. The van der Waals surface area contributed by atoms with Crippen molar-refractivity contribution in [1.82, 2.24) is 4.90 Å². The van der Waals surface area contributed by atoms with Crippen molar-refractivity contribution in [3.63, 3.8) is 0 Å². The largest absolute Gasteiger partial charge is 0.369 e. The van der Waals surface area contributed by atoms with Crippen molar-refractivity contribution >= 4 is 17.3 Å². The summed E-state index contributed by atoms with van der Waals surface area (Å²) in [5.74, 6) is 0.236. The van der Waals surface area contributed by atoms with Gasteiger partial charge in [-0.25, -0.2) is 0 Å². The minimum atomic E-state index is -0.0723. The van der Waals surface area contributed by atoms with E-state index in [9.17, 15) is 4.79 Å². The number of anilines is 2. The van der Waals surface area contributed by atoms with Crippen molar-refractivity contribution < 1.29 is 4.79 Å². The maximum absolute atomic E-state index is 13.1. The van der Waals surface area contributed by atoms with Crippen LogP contribution in [-0.2, 0) is 11.2 Å². The third-order valence-electron chi connectivity index (χ3n) is 6.29. The van der Waals surface area contributed by atoms with Crippen molar-refractivity contribution in [2.24, 2.45) is 0 Å². The van der Waals surface area contributed by atoms with Crippen molar-refractivity contribution in [1.29, 1.82) is 0 Å². The molecule has 0 aromatic heterocycles. The first-order chi connectivity index (χ1) is 13.1. The summed E-state index contributed by atoms with van der Waals surface area (Å²) in [5.41, 5.74) is 6.43. The van der Waals surface area contributed by atoms with E-state index >= 15 is 0 Å². The lowest BCUT2D eigenvalue weighted by Gasteiger charge is -2.40. The van der Waals surface area contributed by atoms with Gasteiger partial charge < -0.3 is 9.80 Å². The van der Waals surface area contributed by atoms with Crippen LogP contribution in [-0.4, -0.2) is 49.6 Å². The molecule has 0 N–H and O–H groups in total. The van der Waals surface area contributed by atoms with Gasteiger partial charge in [0.2, 0.25) is 5.91 Å². The molecule has 0 spiro atoms. The van der Waals surface area contributed by atoms with E-state index in [0.717, 1.165) is 44.8 Å². The van der Waals surface area contributed by atoms with Crippen LogP contribution >= 0.6 is 0 Å². The molecule has 4 heteroatoms. The van der Waals surface area contributed by atoms with Gasteiger partial charge in [-0.2, -0.15) is 0 Å². The number of hydrogen-bond acceptors (Lipinski definition) is 3. The van der Waals surface area contributed by atoms with E-state index in [4.69, 9.17) is 0 Å². The molecule has 1 fully saturated rings. The lowest BCUT2D eigenvalue weighted by molar-refractivity contribution is -0.123. The van der Waals surface area contributed by atoms with Crippen molar-refractivity contribution in [3.05, 3.63) is 59.2 Å². The van der Waals surface area contributed by atoms with Crippen LogP contribution in [0.3, 0.4) is 0 Å². The minimum Gasteiger partial charge on any atom is -0.369 e. The van der Waals surface area contributed by atoms with Crippen LogP contribution in [0.5, 0.6) is 0 Å². The molecule has 4 nitrogen and oxygen atoms in total. The topological polar surface area (TPSA) is 26.8 Å². The summed E-state index contributed by atoms with van der Waals surface area (Å²) < 4.78 is 0. The molecule has 4 rings (SSSR count). The van der Waals surface area contributed by atoms with Gasteiger partial charge in [0.15, 0.2) is 0 Å². The average Bonchev–Trinajstić information content (AvgIpc) is 3.13. The molecular weight excluding hydrogens is 334 g/mol. The molecule has 0 radical (unpaired) electrons. The van der Waals surface area contributed by atoms with Gasteiger partial charge in [-0.1, -0.05) is 30.3 Å². The zero-order chi connectivity index (χ0) is 19.0. The summed E-state index contributed by atoms with van der Waals surface area (Å²) >= 11 is 0. The lowest BCUT2D eigenvalue weighted by Crippen LogP contribution is -2.54. The van der Waals surface area contributed by atoms with Crippen LogP contribution < -0.4 is 9.80 Å². The number of amides is 1. The Kier molecular flexibility index (Phi) is 4.92. The van der Waals surface area contributed by atoms with E-state index in [1.807, 2.05) is 11.0 Å². The smallest absolute Gasteiger partial charge is 0.244 e. The third-order valence-corrected chi connectivity index (χ3v) is 6.29. The number of benzene rings is 2. The molecule has 0 aliphatic carbocycles. The first kappa shape index (κ1) is 18.1. The van der Waals surface area contributed by atoms with Crippen LogP contribution in [0.4, 0.5) is 11.4 Å². The fraction of sp³-hybridized carbons (Fsp3) is 0.435. The van der Waals surface area contributed by atoms with Gasteiger partial charge in [0.25, 0.3) is 0 Å². The van der Waals surface area contributed by atoms with Crippen LogP contribution in [0.1, 0.15) is 23.6 Å². The summed E-state index contributed by atoms with van der Waals surface area (Å²) in [6, 6.07) is 14.7. The number of nitrogens with zero attached hydrogens (tertiary/aromatic N) is 3. The molecule has 2 aromatic rings. The van der Waals surface area contributed by atoms with Crippen LogP contribution in [0.2, 0.25) is 0 Å². The Morgan fingerprint density at radius 1 is 0.889 bits per heavy atom. The zero-order valence-electron chi connectivity index (χ0n) is 16.6. The quantitative estimate of drug-likeness (QED) is 0.836. The molecule has 0 unspecified atom stereocenters. The van der Waals surface area contributed by atoms with E-state index in [2.05, 4.69) is 67.0 Å². The highest BCUT2D eigenvalue weighted by Gasteiger charge is 2.32. The van der Waals surface area contributed by atoms with Crippen LogP contribution in [0.15, 0.2) is 42.5 Å². The predicted molar refractivity (Wildman–Crippen MR) is 112 cm³/mol. The van der Waals surface area contributed by atoms with E-state index < -0.39 is 0 Å². The molecule has 0 saturated carbocycles. The standard InChI is InChI=1S/C23H29N3O/c1-17-7-6-10-21(18(17)2)25-15-13-24(14-16-25)19(3)23(27)26-12-11-20-8-4-5-9-22(20)26/h4-10,19H,11-16H2,1-3H3/t19-/m0/s1. The molecule has 2 aliphatic heterocycles.